The molecule has 0 aliphatic heterocycles. The van der Waals surface area contributed by atoms with Crippen LogP contribution in [0.15, 0.2) is 194 Å². The second-order valence-corrected chi connectivity index (χ2v) is 29.8. The number of ether oxygens (including phenoxy) is 4. The first-order valence-corrected chi connectivity index (χ1v) is 44.7. The monoisotopic (exact) mass is 1570 g/mol. The zero-order valence-electron chi connectivity index (χ0n) is 68.1. The Morgan fingerprint density at radius 1 is 0.264 bits per heavy atom. The molecule has 0 rings (SSSR count). The molecule has 0 aromatic carbocycles. The lowest BCUT2D eigenvalue weighted by atomic mass is 10.1. The second-order valence-electron chi connectivity index (χ2n) is 26.9. The number of aliphatic hydroxyl groups is 1. The van der Waals surface area contributed by atoms with Gasteiger partial charge >= 0.3 is 39.5 Å². The third-order valence-corrected chi connectivity index (χ3v) is 18.4. The smallest absolute Gasteiger partial charge is 0.462 e. The van der Waals surface area contributed by atoms with Gasteiger partial charge in [-0.15, -0.1) is 0 Å². The predicted molar refractivity (Wildman–Crippen MR) is 454 cm³/mol. The van der Waals surface area contributed by atoms with Crippen LogP contribution in [0.5, 0.6) is 0 Å². The van der Waals surface area contributed by atoms with Crippen LogP contribution in [0.25, 0.3) is 0 Å². The van der Waals surface area contributed by atoms with Crippen molar-refractivity contribution in [3.05, 3.63) is 194 Å². The Kier molecular flexibility index (Phi) is 76.4. The van der Waals surface area contributed by atoms with Crippen molar-refractivity contribution in [3.63, 3.8) is 0 Å². The molecule has 0 radical (unpaired) electrons. The molecule has 3 N–H and O–H groups in total. The Bertz CT molecular complexity index is 2850. The molecule has 0 amide bonds. The lowest BCUT2D eigenvalue weighted by Crippen LogP contribution is -2.30. The van der Waals surface area contributed by atoms with Crippen LogP contribution in [-0.4, -0.2) is 96.7 Å². The van der Waals surface area contributed by atoms with Gasteiger partial charge in [-0.25, -0.2) is 9.13 Å². The molecule has 0 aliphatic carbocycles. The maximum atomic E-state index is 13.1. The molecule has 5 atom stereocenters. The lowest BCUT2D eigenvalue weighted by Gasteiger charge is -2.21. The Labute approximate surface area is 666 Å². The topological polar surface area (TPSA) is 237 Å². The molecule has 0 aromatic rings. The van der Waals surface area contributed by atoms with E-state index in [0.717, 1.165) is 212 Å². The third kappa shape index (κ3) is 80.0. The summed E-state index contributed by atoms with van der Waals surface area (Å²) in [5.74, 6) is -2.33. The predicted octanol–water partition coefficient (Wildman–Crippen LogP) is 24.9. The van der Waals surface area contributed by atoms with Crippen LogP contribution in [0.4, 0.5) is 0 Å². The van der Waals surface area contributed by atoms with Crippen molar-refractivity contribution in [2.75, 3.05) is 39.6 Å². The highest BCUT2D eigenvalue weighted by Crippen LogP contribution is 2.45. The number of aliphatic hydroxyl groups excluding tert-OH is 1. The maximum absolute atomic E-state index is 13.1. The number of unbranched alkanes of at least 4 members (excludes halogenated alkanes) is 18. The first kappa shape index (κ1) is 104. The summed E-state index contributed by atoms with van der Waals surface area (Å²) in [5.41, 5.74) is 0. The summed E-state index contributed by atoms with van der Waals surface area (Å²) in [7, 11) is -10.0. The quantitative estimate of drug-likeness (QED) is 0.0169. The van der Waals surface area contributed by atoms with Crippen LogP contribution in [0.1, 0.15) is 297 Å². The SMILES string of the molecule is CC/C=C\C/C=C\C/C=C\C/C=C\C/C=C\C/C=C\CCC(=O)OCC(COP(=O)(O)OCC(O)COP(=O)(O)OCC(COC(=O)CCCCCCCC/C=C\C/C=C\C/C=C\C/C=C\CC)OC(=O)CCCCCCCC/C=C\C/C=C\C/C=C\C/C=C\CC)OC(=O)CCCCCCC/C=C\C/C=C\CCC. The first-order valence-electron chi connectivity index (χ1n) is 41.7. The minimum atomic E-state index is -5.01. The summed E-state index contributed by atoms with van der Waals surface area (Å²) >= 11 is 0. The molecule has 0 aromatic heterocycles. The summed E-state index contributed by atoms with van der Waals surface area (Å²) in [6.45, 7) is 4.33. The summed E-state index contributed by atoms with van der Waals surface area (Å²) in [5, 5.41) is 10.7. The molecule has 19 heteroatoms. The fourth-order valence-electron chi connectivity index (χ4n) is 10.3. The van der Waals surface area contributed by atoms with Gasteiger partial charge in [-0.1, -0.05) is 299 Å². The van der Waals surface area contributed by atoms with E-state index in [9.17, 15) is 43.2 Å². The van der Waals surface area contributed by atoms with Gasteiger partial charge in [-0.3, -0.25) is 37.3 Å². The van der Waals surface area contributed by atoms with E-state index in [2.05, 4.69) is 204 Å². The Hall–Kier alpha value is -6.10. The van der Waals surface area contributed by atoms with Crippen LogP contribution >= 0.6 is 15.6 Å². The van der Waals surface area contributed by atoms with E-state index in [0.29, 0.717) is 32.1 Å². The number of carbonyl (C=O) groups is 4. The van der Waals surface area contributed by atoms with Crippen molar-refractivity contribution < 1.29 is 80.2 Å². The molecule has 0 saturated carbocycles. The highest BCUT2D eigenvalue weighted by Gasteiger charge is 2.30. The highest BCUT2D eigenvalue weighted by molar-refractivity contribution is 7.47. The van der Waals surface area contributed by atoms with Gasteiger partial charge in [-0.05, 0) is 167 Å². The number of hydrogen-bond acceptors (Lipinski definition) is 15. The molecule has 17 nitrogen and oxygen atoms in total. The number of phosphoric ester groups is 2. The summed E-state index contributed by atoms with van der Waals surface area (Å²) in [6.07, 6.45) is 99.8. The Morgan fingerprint density at radius 2 is 0.491 bits per heavy atom. The number of esters is 4. The lowest BCUT2D eigenvalue weighted by molar-refractivity contribution is -0.161. The van der Waals surface area contributed by atoms with Crippen LogP contribution in [-0.2, 0) is 65.4 Å². The van der Waals surface area contributed by atoms with Gasteiger partial charge in [-0.2, -0.15) is 0 Å². The van der Waals surface area contributed by atoms with Gasteiger partial charge in [0, 0.05) is 25.7 Å². The molecule has 0 spiro atoms. The van der Waals surface area contributed by atoms with Crippen molar-refractivity contribution >= 4 is 39.5 Å². The van der Waals surface area contributed by atoms with Crippen LogP contribution in [0.3, 0.4) is 0 Å². The van der Waals surface area contributed by atoms with E-state index in [1.165, 1.54) is 0 Å². The average molecular weight is 1570 g/mol. The van der Waals surface area contributed by atoms with E-state index < -0.39 is 97.5 Å². The van der Waals surface area contributed by atoms with Gasteiger partial charge in [0.25, 0.3) is 0 Å². The molecule has 0 heterocycles. The Morgan fingerprint density at radius 3 is 0.782 bits per heavy atom. The summed E-state index contributed by atoms with van der Waals surface area (Å²) in [4.78, 5) is 73.2. The molecule has 5 unspecified atom stereocenters. The normalized spacial score (nSPS) is 14.8. The highest BCUT2D eigenvalue weighted by atomic mass is 31.2. The molecular weight excluding hydrogens is 1430 g/mol. The van der Waals surface area contributed by atoms with Gasteiger partial charge in [0.1, 0.15) is 19.3 Å². The van der Waals surface area contributed by atoms with Crippen LogP contribution in [0.2, 0.25) is 0 Å². The van der Waals surface area contributed by atoms with E-state index in [-0.39, 0.29) is 25.7 Å². The third-order valence-electron chi connectivity index (χ3n) is 16.5. The van der Waals surface area contributed by atoms with E-state index in [1.807, 2.05) is 18.2 Å². The van der Waals surface area contributed by atoms with E-state index in [1.54, 1.807) is 0 Å². The van der Waals surface area contributed by atoms with Crippen molar-refractivity contribution in [1.82, 2.24) is 0 Å². The fourth-order valence-corrected chi connectivity index (χ4v) is 11.9. The number of rotatable bonds is 76. The van der Waals surface area contributed by atoms with Crippen molar-refractivity contribution in [1.29, 1.82) is 0 Å². The Balaban J connectivity index is 5.48. The minimum absolute atomic E-state index is 0.0261. The molecule has 0 fully saturated rings. The second kappa shape index (κ2) is 80.9. The average Bonchev–Trinajstić information content (AvgIpc) is 0.942. The van der Waals surface area contributed by atoms with Crippen molar-refractivity contribution in [2.24, 2.45) is 0 Å². The number of carbonyl (C=O) groups excluding carboxylic acids is 4. The van der Waals surface area contributed by atoms with E-state index in [4.69, 9.17) is 37.0 Å². The summed E-state index contributed by atoms with van der Waals surface area (Å²) < 4.78 is 68.6. The minimum Gasteiger partial charge on any atom is -0.462 e. The van der Waals surface area contributed by atoms with Gasteiger partial charge in [0.15, 0.2) is 12.2 Å². The van der Waals surface area contributed by atoms with Gasteiger partial charge in [0.05, 0.1) is 26.4 Å². The van der Waals surface area contributed by atoms with E-state index >= 15 is 0 Å². The fraction of sp³-hybridized carbons (Fsp3) is 0.604. The zero-order valence-corrected chi connectivity index (χ0v) is 69.9. The van der Waals surface area contributed by atoms with Crippen molar-refractivity contribution in [3.8, 4) is 0 Å². The molecule has 0 bridgehead atoms. The maximum Gasteiger partial charge on any atom is 0.472 e. The van der Waals surface area contributed by atoms with Gasteiger partial charge in [0.2, 0.25) is 0 Å². The zero-order chi connectivity index (χ0) is 80.3. The van der Waals surface area contributed by atoms with Gasteiger partial charge < -0.3 is 33.8 Å². The summed E-state index contributed by atoms with van der Waals surface area (Å²) in [6, 6.07) is 0. The number of hydrogen-bond donors (Lipinski definition) is 3. The standard InChI is InChI=1S/C91H146O17P2/c1-5-9-13-17-21-25-29-33-36-39-42-45-48-52-55-59-63-67-71-75-88(93)101-81-86(107-90(95)77-73-69-65-61-57-51-32-28-24-20-16-12-8-4)83-105-109(97,98)103-79-85(92)80-104-110(99,100)106-84-87(108-91(96)78-74-70-66-62-58-54-50-47-44-41-38-35-31-27-23-19-15-11-7-3)82-102-89(94)76-72-68-64-60-56-53-49-46-43-40-37-34-30-26-22-18-14-10-6-2/h9-11,13-16,20-23,25-28,32-38,42-47,52,55,63,67,85-87,92H,5-8,12,17-19,24,29-31,39-41,48-51,53-54,56-62,64-66,68-84H2,1-4H3,(H,97,98)(H,99,100)/b13-9-,14-10-,15-11-,20-16-,25-21-,26-22-,27-23-,32-28-,36-33-,37-34-,38-35-,45-42-,46-43-,47-44-,55-52-,67-63-. The first-order chi connectivity index (χ1) is 53.7. The van der Waals surface area contributed by atoms with Crippen molar-refractivity contribution in [2.45, 2.75) is 316 Å². The number of phosphoric acid groups is 2. The molecular formula is C91H146O17P2. The molecule has 0 aliphatic rings. The molecule has 0 saturated heterocycles. The largest absolute Gasteiger partial charge is 0.472 e. The molecule has 110 heavy (non-hydrogen) atoms. The van der Waals surface area contributed by atoms with Crippen LogP contribution in [0, 0.1) is 0 Å². The number of allylic oxidation sites excluding steroid dienone is 32. The van der Waals surface area contributed by atoms with Crippen LogP contribution < -0.4 is 0 Å². The molecule has 622 valence electrons.